The Kier molecular flexibility index (Phi) is 6.39. The molecule has 0 bridgehead atoms. The van der Waals surface area contributed by atoms with Crippen LogP contribution >= 0.6 is 11.3 Å². The Balaban J connectivity index is 1.62. The van der Waals surface area contributed by atoms with Gasteiger partial charge in [-0.1, -0.05) is 0 Å². The maximum atomic E-state index is 13.0. The number of rotatable bonds is 4. The van der Waals surface area contributed by atoms with Crippen LogP contribution in [0, 0.1) is 13.8 Å². The molecular formula is C19H29N3O4S. The molecule has 2 fully saturated rings. The molecule has 0 aromatic carbocycles. The summed E-state index contributed by atoms with van der Waals surface area (Å²) in [6, 6.07) is 1.79. The van der Waals surface area contributed by atoms with Crippen molar-refractivity contribution in [3.8, 4) is 0 Å². The van der Waals surface area contributed by atoms with E-state index in [1.807, 2.05) is 31.7 Å². The molecular weight excluding hydrogens is 366 g/mol. The van der Waals surface area contributed by atoms with Crippen molar-refractivity contribution in [2.45, 2.75) is 45.3 Å². The molecule has 3 rings (SSSR count). The normalized spacial score (nSPS) is 25.4. The topological polar surface area (TPSA) is 79.9 Å². The first kappa shape index (κ1) is 20.1. The highest BCUT2D eigenvalue weighted by Gasteiger charge is 2.44. The van der Waals surface area contributed by atoms with E-state index in [4.69, 9.17) is 9.47 Å². The van der Waals surface area contributed by atoms with E-state index >= 15 is 0 Å². The van der Waals surface area contributed by atoms with Gasteiger partial charge in [0.15, 0.2) is 0 Å². The minimum Gasteiger partial charge on any atom is -0.377 e. The van der Waals surface area contributed by atoms with E-state index in [1.165, 1.54) is 4.88 Å². The zero-order valence-electron chi connectivity index (χ0n) is 16.3. The lowest BCUT2D eigenvalue weighted by Gasteiger charge is -2.31. The zero-order chi connectivity index (χ0) is 19.4. The molecule has 27 heavy (non-hydrogen) atoms. The average Bonchev–Trinajstić information content (AvgIpc) is 3.11. The second-order valence-corrected chi connectivity index (χ2v) is 8.59. The fourth-order valence-corrected chi connectivity index (χ4v) is 4.61. The second-order valence-electron chi connectivity index (χ2n) is 7.33. The van der Waals surface area contributed by atoms with Crippen molar-refractivity contribution in [2.24, 2.45) is 0 Å². The quantitative estimate of drug-likeness (QED) is 0.818. The summed E-state index contributed by atoms with van der Waals surface area (Å²) in [5.74, 6) is 0.0496. The Morgan fingerprint density at radius 1 is 1.37 bits per heavy atom. The van der Waals surface area contributed by atoms with Crippen molar-refractivity contribution >= 4 is 23.3 Å². The first-order valence-electron chi connectivity index (χ1n) is 9.56. The summed E-state index contributed by atoms with van der Waals surface area (Å²) in [7, 11) is 0. The van der Waals surface area contributed by atoms with E-state index in [9.17, 15) is 9.59 Å². The van der Waals surface area contributed by atoms with Crippen molar-refractivity contribution in [3.05, 3.63) is 21.4 Å². The Hall–Kier alpha value is -1.64. The molecule has 2 unspecified atom stereocenters. The van der Waals surface area contributed by atoms with Crippen molar-refractivity contribution in [1.29, 1.82) is 0 Å². The summed E-state index contributed by atoms with van der Waals surface area (Å²) < 4.78 is 12.1. The van der Waals surface area contributed by atoms with Crippen molar-refractivity contribution in [1.82, 2.24) is 15.5 Å². The number of nitrogens with zero attached hydrogens (tertiary/aromatic N) is 1. The van der Waals surface area contributed by atoms with Crippen LogP contribution in [0.5, 0.6) is 0 Å². The van der Waals surface area contributed by atoms with Crippen molar-refractivity contribution in [3.63, 3.8) is 0 Å². The lowest BCUT2D eigenvalue weighted by molar-refractivity contribution is -0.0823. The number of carbonyl (C=O) groups is 2. The Bertz CT molecular complexity index is 673. The van der Waals surface area contributed by atoms with Gasteiger partial charge in [-0.3, -0.25) is 4.79 Å². The van der Waals surface area contributed by atoms with Gasteiger partial charge in [-0.15, -0.1) is 11.3 Å². The molecule has 8 heteroatoms. The number of amides is 3. The molecule has 0 radical (unpaired) electrons. The molecule has 150 valence electrons. The summed E-state index contributed by atoms with van der Waals surface area (Å²) in [6.45, 7) is 9.10. The lowest BCUT2D eigenvalue weighted by atomic mass is 10.00. The fraction of sp³-hybridized carbons (Fsp3) is 0.684. The number of hydrogen-bond acceptors (Lipinski definition) is 5. The molecule has 1 aromatic rings. The van der Waals surface area contributed by atoms with Crippen LogP contribution in [-0.4, -0.2) is 67.9 Å². The number of nitrogens with one attached hydrogen (secondary N) is 2. The van der Waals surface area contributed by atoms with E-state index < -0.39 is 5.60 Å². The SMILES string of the molecule is CCNC(=O)NCC1CCC2(COCCN(C(=O)c3cc(C)c(C)s3)C2)O1. The van der Waals surface area contributed by atoms with Crippen LogP contribution in [0.1, 0.15) is 39.9 Å². The minimum atomic E-state index is -0.485. The molecule has 1 spiro atoms. The van der Waals surface area contributed by atoms with E-state index in [-0.39, 0.29) is 18.0 Å². The van der Waals surface area contributed by atoms with E-state index in [2.05, 4.69) is 10.6 Å². The number of hydrogen-bond donors (Lipinski definition) is 2. The van der Waals surface area contributed by atoms with Crippen LogP contribution in [0.4, 0.5) is 4.79 Å². The van der Waals surface area contributed by atoms with Gasteiger partial charge in [0.25, 0.3) is 5.91 Å². The van der Waals surface area contributed by atoms with Gasteiger partial charge in [0, 0.05) is 24.5 Å². The molecule has 7 nitrogen and oxygen atoms in total. The van der Waals surface area contributed by atoms with Gasteiger partial charge in [-0.2, -0.15) is 0 Å². The van der Waals surface area contributed by atoms with Gasteiger partial charge in [-0.25, -0.2) is 4.79 Å². The van der Waals surface area contributed by atoms with Gasteiger partial charge in [0.1, 0.15) is 5.60 Å². The predicted molar refractivity (Wildman–Crippen MR) is 104 cm³/mol. The number of aryl methyl sites for hydroxylation is 2. The van der Waals surface area contributed by atoms with E-state index in [1.54, 1.807) is 11.3 Å². The molecule has 0 saturated carbocycles. The van der Waals surface area contributed by atoms with Crippen LogP contribution in [0.3, 0.4) is 0 Å². The summed E-state index contributed by atoms with van der Waals surface area (Å²) in [4.78, 5) is 28.4. The summed E-state index contributed by atoms with van der Waals surface area (Å²) in [5.41, 5.74) is 0.666. The Morgan fingerprint density at radius 3 is 2.89 bits per heavy atom. The average molecular weight is 396 g/mol. The van der Waals surface area contributed by atoms with Gasteiger partial charge in [0.2, 0.25) is 0 Å². The van der Waals surface area contributed by atoms with Gasteiger partial charge >= 0.3 is 6.03 Å². The molecule has 1 aromatic heterocycles. The van der Waals surface area contributed by atoms with Crippen molar-refractivity contribution < 1.29 is 19.1 Å². The van der Waals surface area contributed by atoms with Crippen LogP contribution in [-0.2, 0) is 9.47 Å². The summed E-state index contributed by atoms with van der Waals surface area (Å²) in [5, 5.41) is 5.55. The van der Waals surface area contributed by atoms with Crippen LogP contribution in [0.25, 0.3) is 0 Å². The lowest BCUT2D eigenvalue weighted by Crippen LogP contribution is -2.47. The number of urea groups is 1. The molecule has 3 heterocycles. The molecule has 3 amide bonds. The Morgan fingerprint density at radius 2 is 2.19 bits per heavy atom. The highest BCUT2D eigenvalue weighted by Crippen LogP contribution is 2.33. The molecule has 2 saturated heterocycles. The summed E-state index contributed by atoms with van der Waals surface area (Å²) >= 11 is 1.54. The van der Waals surface area contributed by atoms with Crippen molar-refractivity contribution in [2.75, 3.05) is 39.4 Å². The maximum Gasteiger partial charge on any atom is 0.314 e. The van der Waals surface area contributed by atoms with Gasteiger partial charge in [0.05, 0.1) is 30.7 Å². The van der Waals surface area contributed by atoms with Crippen LogP contribution < -0.4 is 10.6 Å². The second kappa shape index (κ2) is 8.58. The molecule has 2 atom stereocenters. The molecule has 2 aliphatic rings. The van der Waals surface area contributed by atoms with Crippen LogP contribution in [0.15, 0.2) is 6.07 Å². The standard InChI is InChI=1S/C19H29N3O4S/c1-4-20-18(24)21-10-15-5-6-19(26-15)11-22(7-8-25-12-19)17(23)16-9-13(2)14(3)27-16/h9,15H,4-8,10-12H2,1-3H3,(H2,20,21,24). The third-order valence-electron chi connectivity index (χ3n) is 5.18. The van der Waals surface area contributed by atoms with E-state index in [0.29, 0.717) is 39.4 Å². The molecule has 2 N–H and O–H groups in total. The van der Waals surface area contributed by atoms with E-state index in [0.717, 1.165) is 23.3 Å². The first-order valence-corrected chi connectivity index (χ1v) is 10.4. The van der Waals surface area contributed by atoms with Gasteiger partial charge < -0.3 is 25.0 Å². The van der Waals surface area contributed by atoms with Gasteiger partial charge in [-0.05, 0) is 45.2 Å². The molecule has 2 aliphatic heterocycles. The largest absolute Gasteiger partial charge is 0.377 e. The third kappa shape index (κ3) is 4.80. The monoisotopic (exact) mass is 395 g/mol. The third-order valence-corrected chi connectivity index (χ3v) is 6.32. The fourth-order valence-electron chi connectivity index (χ4n) is 3.60. The Labute approximate surface area is 164 Å². The predicted octanol–water partition coefficient (Wildman–Crippen LogP) is 2.07. The highest BCUT2D eigenvalue weighted by atomic mass is 32.1. The number of ether oxygens (including phenoxy) is 2. The summed E-state index contributed by atoms with van der Waals surface area (Å²) in [6.07, 6.45) is 1.60. The number of thiophene rings is 1. The smallest absolute Gasteiger partial charge is 0.314 e. The van der Waals surface area contributed by atoms with Crippen LogP contribution in [0.2, 0.25) is 0 Å². The number of carbonyl (C=O) groups excluding carboxylic acids is 2. The first-order chi connectivity index (χ1) is 12.9. The molecule has 0 aliphatic carbocycles. The maximum absolute atomic E-state index is 13.0. The zero-order valence-corrected chi connectivity index (χ0v) is 17.1. The highest BCUT2D eigenvalue weighted by molar-refractivity contribution is 7.14. The minimum absolute atomic E-state index is 0.0496.